The molecule has 192 valence electrons. The maximum atomic E-state index is 13.0. The van der Waals surface area contributed by atoms with E-state index in [0.717, 1.165) is 26.9 Å². The molecule has 0 saturated heterocycles. The number of carbonyl (C=O) groups excluding carboxylic acids is 3. The number of aliphatic hydroxyl groups is 1. The molecule has 3 amide bonds. The molecule has 4 rings (SSSR count). The summed E-state index contributed by atoms with van der Waals surface area (Å²) in [5.74, 6) is 0.0299. The quantitative estimate of drug-likeness (QED) is 0.321. The molecule has 9 heteroatoms. The van der Waals surface area contributed by atoms with Crippen LogP contribution in [0.3, 0.4) is 0 Å². The van der Waals surface area contributed by atoms with Gasteiger partial charge in [0.15, 0.2) is 0 Å². The van der Waals surface area contributed by atoms with Gasteiger partial charge in [0, 0.05) is 17.1 Å². The molecular weight excluding hydrogens is 549 g/mol. The molecule has 0 saturated carbocycles. The van der Waals surface area contributed by atoms with Gasteiger partial charge in [0.2, 0.25) is 0 Å². The van der Waals surface area contributed by atoms with E-state index in [1.807, 2.05) is 66.7 Å². The molecular formula is C28H30AsN3O4S. The van der Waals surface area contributed by atoms with Gasteiger partial charge >= 0.3 is 167 Å². The zero-order chi connectivity index (χ0) is 26.2. The molecule has 3 N–H and O–H groups in total. The number of anilines is 1. The van der Waals surface area contributed by atoms with Crippen molar-refractivity contribution in [1.29, 1.82) is 0 Å². The van der Waals surface area contributed by atoms with Crippen molar-refractivity contribution in [3.05, 3.63) is 72.3 Å². The summed E-state index contributed by atoms with van der Waals surface area (Å²) >= 11 is 3.93. The van der Waals surface area contributed by atoms with E-state index in [1.165, 1.54) is 0 Å². The Labute approximate surface area is 229 Å². The van der Waals surface area contributed by atoms with Gasteiger partial charge in [-0.05, 0) is 12.1 Å². The maximum absolute atomic E-state index is 13.0. The molecule has 0 spiro atoms. The third-order valence-corrected chi connectivity index (χ3v) is 8.17. The first kappa shape index (κ1) is 27.2. The molecule has 0 aliphatic carbocycles. The van der Waals surface area contributed by atoms with Crippen molar-refractivity contribution in [2.24, 2.45) is 0 Å². The number of hydrogen-bond donors (Lipinski definition) is 3. The van der Waals surface area contributed by atoms with Gasteiger partial charge in [-0.15, -0.1) is 11.8 Å². The summed E-state index contributed by atoms with van der Waals surface area (Å²) in [6.07, 6.45) is 0.115. The minimum absolute atomic E-state index is 0.0114. The van der Waals surface area contributed by atoms with E-state index in [-0.39, 0.29) is 37.2 Å². The van der Waals surface area contributed by atoms with Crippen molar-refractivity contribution >= 4 is 62.8 Å². The van der Waals surface area contributed by atoms with Crippen molar-refractivity contribution in [3.8, 4) is 0 Å². The number of fused-ring (bicyclic) bond motifs is 2. The third-order valence-electron chi connectivity index (χ3n) is 6.22. The fourth-order valence-corrected chi connectivity index (χ4v) is 5.53. The van der Waals surface area contributed by atoms with E-state index < -0.39 is 12.1 Å². The third kappa shape index (κ3) is 7.37. The van der Waals surface area contributed by atoms with Crippen molar-refractivity contribution in [3.63, 3.8) is 0 Å². The van der Waals surface area contributed by atoms with Crippen LogP contribution in [0, 0.1) is 0 Å². The summed E-state index contributed by atoms with van der Waals surface area (Å²) in [7, 11) is 0. The Morgan fingerprint density at radius 3 is 2.62 bits per heavy atom. The normalized spacial score (nSPS) is 15.0. The SMILES string of the molecule is O=C(CCN1C(=O)CCSc2ccccc21)NC(Cc1ccc2ccccc2c1)C(=O)NCC(O)C[As]. The number of carbonyl (C=O) groups is 3. The van der Waals surface area contributed by atoms with E-state index >= 15 is 0 Å². The molecule has 37 heavy (non-hydrogen) atoms. The molecule has 1 aliphatic heterocycles. The Morgan fingerprint density at radius 1 is 1.05 bits per heavy atom. The van der Waals surface area contributed by atoms with Gasteiger partial charge in [0.05, 0.1) is 0 Å². The second-order valence-corrected chi connectivity index (χ2v) is 10.9. The molecule has 2 unspecified atom stereocenters. The summed E-state index contributed by atoms with van der Waals surface area (Å²) in [6.45, 7) is 0.341. The average molecular weight is 580 g/mol. The number of benzene rings is 3. The topological polar surface area (TPSA) is 98.7 Å². The molecule has 1 heterocycles. The van der Waals surface area contributed by atoms with Gasteiger partial charge < -0.3 is 0 Å². The van der Waals surface area contributed by atoms with Gasteiger partial charge in [-0.3, -0.25) is 4.79 Å². The summed E-state index contributed by atoms with van der Waals surface area (Å²) < 4.78 is 0. The van der Waals surface area contributed by atoms with Crippen LogP contribution in [0.15, 0.2) is 71.6 Å². The predicted molar refractivity (Wildman–Crippen MR) is 148 cm³/mol. The fourth-order valence-electron chi connectivity index (χ4n) is 4.26. The number of amides is 3. The Hall–Kier alpha value is -2.80. The van der Waals surface area contributed by atoms with Crippen LogP contribution in [-0.2, 0) is 20.8 Å². The monoisotopic (exact) mass is 579 g/mol. The fraction of sp³-hybridized carbons (Fsp3) is 0.321. The standard InChI is InChI=1S/C28H30AsN3O4S/c29-17-22(33)18-30-28(36)23(16-19-9-10-20-5-1-2-6-21(20)15-19)31-26(34)11-13-32-24-7-3-4-8-25(24)37-14-12-27(32)35/h1-10,15,22-23,33H,11-14,16-18H2,(H,30,36)(H,31,34). The van der Waals surface area contributed by atoms with Crippen molar-refractivity contribution in [2.75, 3.05) is 23.7 Å². The molecule has 3 aromatic rings. The van der Waals surface area contributed by atoms with Crippen molar-refractivity contribution < 1.29 is 19.5 Å². The second kappa shape index (κ2) is 13.1. The number of nitrogens with one attached hydrogen (secondary N) is 2. The zero-order valence-electron chi connectivity index (χ0n) is 20.4. The van der Waals surface area contributed by atoms with E-state index in [9.17, 15) is 19.5 Å². The van der Waals surface area contributed by atoms with Crippen LogP contribution in [0.2, 0.25) is 5.21 Å². The first-order chi connectivity index (χ1) is 17.9. The molecule has 2 radical (unpaired) electrons. The summed E-state index contributed by atoms with van der Waals surface area (Å²) in [4.78, 5) is 41.5. The van der Waals surface area contributed by atoms with Gasteiger partial charge in [-0.1, -0.05) is 18.2 Å². The van der Waals surface area contributed by atoms with Crippen LogP contribution in [0.25, 0.3) is 10.8 Å². The number of rotatable bonds is 10. The molecule has 0 bridgehead atoms. The molecule has 7 nitrogen and oxygen atoms in total. The van der Waals surface area contributed by atoms with Gasteiger partial charge in [0.1, 0.15) is 0 Å². The van der Waals surface area contributed by atoms with Crippen molar-refractivity contribution in [1.82, 2.24) is 10.6 Å². The van der Waals surface area contributed by atoms with E-state index in [2.05, 4.69) is 27.5 Å². The van der Waals surface area contributed by atoms with E-state index in [1.54, 1.807) is 16.7 Å². The average Bonchev–Trinajstić information content (AvgIpc) is 3.07. The Bertz CT molecular complexity index is 1270. The summed E-state index contributed by atoms with van der Waals surface area (Å²) in [5, 5.41) is 18.1. The minimum atomic E-state index is -0.810. The van der Waals surface area contributed by atoms with Crippen LogP contribution in [-0.4, -0.2) is 70.7 Å². The molecule has 2 atom stereocenters. The van der Waals surface area contributed by atoms with Crippen molar-refractivity contribution in [2.45, 2.75) is 41.5 Å². The van der Waals surface area contributed by atoms with Crippen LogP contribution in [0.4, 0.5) is 5.69 Å². The number of hydrogen-bond acceptors (Lipinski definition) is 5. The van der Waals surface area contributed by atoms with Gasteiger partial charge in [0.25, 0.3) is 0 Å². The second-order valence-electron chi connectivity index (χ2n) is 8.95. The molecule has 0 aromatic heterocycles. The first-order valence-corrected chi connectivity index (χ1v) is 14.6. The molecule has 1 aliphatic rings. The van der Waals surface area contributed by atoms with Crippen LogP contribution in [0.1, 0.15) is 18.4 Å². The number of para-hydroxylation sites is 1. The number of thioether (sulfide) groups is 1. The molecule has 0 fully saturated rings. The first-order valence-electron chi connectivity index (χ1n) is 12.3. The zero-order valence-corrected chi connectivity index (χ0v) is 23.1. The summed E-state index contributed by atoms with van der Waals surface area (Å²) in [5.41, 5.74) is 1.74. The van der Waals surface area contributed by atoms with Crippen LogP contribution >= 0.6 is 11.8 Å². The van der Waals surface area contributed by atoms with E-state index in [4.69, 9.17) is 0 Å². The number of nitrogens with zero attached hydrogens (tertiary/aromatic N) is 1. The molecule has 3 aromatic carbocycles. The Balaban J connectivity index is 1.45. The number of aliphatic hydroxyl groups excluding tert-OH is 1. The van der Waals surface area contributed by atoms with Gasteiger partial charge in [-0.2, -0.15) is 0 Å². The van der Waals surface area contributed by atoms with E-state index in [0.29, 0.717) is 23.8 Å². The Morgan fingerprint density at radius 2 is 1.81 bits per heavy atom. The Kier molecular flexibility index (Phi) is 9.67. The van der Waals surface area contributed by atoms with Gasteiger partial charge in [-0.25, -0.2) is 0 Å². The summed E-state index contributed by atoms with van der Waals surface area (Å²) in [6, 6.07) is 20.9. The van der Waals surface area contributed by atoms with Crippen LogP contribution < -0.4 is 15.5 Å². The van der Waals surface area contributed by atoms with Crippen LogP contribution in [0.5, 0.6) is 0 Å². The predicted octanol–water partition coefficient (Wildman–Crippen LogP) is 2.85.